The van der Waals surface area contributed by atoms with Crippen LogP contribution in [0, 0.1) is 0 Å². The molecule has 0 aromatic heterocycles. The normalized spacial score (nSPS) is 19.6. The molecule has 0 spiro atoms. The van der Waals surface area contributed by atoms with E-state index in [1.807, 2.05) is 0 Å². The van der Waals surface area contributed by atoms with Gasteiger partial charge in [0, 0.05) is 7.05 Å². The van der Waals surface area contributed by atoms with Crippen molar-refractivity contribution in [2.75, 3.05) is 11.9 Å². The highest BCUT2D eigenvalue weighted by atomic mass is 35.5. The third-order valence-electron chi connectivity index (χ3n) is 3.04. The number of amides is 1. The van der Waals surface area contributed by atoms with Crippen molar-refractivity contribution < 1.29 is 19.4 Å². The van der Waals surface area contributed by atoms with Crippen LogP contribution >= 0.6 is 11.6 Å². The Balaban J connectivity index is 2.33. The molecule has 1 aliphatic rings. The summed E-state index contributed by atoms with van der Waals surface area (Å²) >= 11 is 6.03. The third kappa shape index (κ3) is 2.66. The zero-order chi connectivity index (χ0) is 14.2. The Bertz CT molecular complexity index is 531. The molecule has 1 amide bonds. The van der Waals surface area contributed by atoms with Gasteiger partial charge in [0.25, 0.3) is 5.91 Å². The number of halogens is 1. The monoisotopic (exact) mass is 283 g/mol. The quantitative estimate of drug-likeness (QED) is 0.864. The predicted octanol–water partition coefficient (Wildman–Crippen LogP) is 2.18. The van der Waals surface area contributed by atoms with Gasteiger partial charge in [0.2, 0.25) is 0 Å². The largest absolute Gasteiger partial charge is 0.481 e. The predicted molar refractivity (Wildman–Crippen MR) is 70.8 cm³/mol. The lowest BCUT2D eigenvalue weighted by Crippen LogP contribution is -2.42. The molecule has 0 radical (unpaired) electrons. The summed E-state index contributed by atoms with van der Waals surface area (Å²) in [5.74, 6) is -0.515. The number of benzene rings is 1. The van der Waals surface area contributed by atoms with Crippen LogP contribution in [0.1, 0.15) is 24.3 Å². The molecule has 1 aromatic rings. The SMILES string of the molecule is CC1Oc2ccc(C(Cl)CC(=O)O)cc2N(C)C1=O. The number of carboxylic acids is 1. The number of likely N-dealkylation sites (N-methyl/N-ethyl adjacent to an activating group) is 1. The number of carbonyl (C=O) groups is 2. The summed E-state index contributed by atoms with van der Waals surface area (Å²) in [6, 6.07) is 5.12. The van der Waals surface area contributed by atoms with Crippen molar-refractivity contribution in [1.29, 1.82) is 0 Å². The van der Waals surface area contributed by atoms with E-state index in [2.05, 4.69) is 0 Å². The van der Waals surface area contributed by atoms with E-state index in [4.69, 9.17) is 21.4 Å². The molecule has 1 aliphatic heterocycles. The van der Waals surface area contributed by atoms with E-state index in [-0.39, 0.29) is 12.3 Å². The number of fused-ring (bicyclic) bond motifs is 1. The van der Waals surface area contributed by atoms with Crippen molar-refractivity contribution in [2.24, 2.45) is 0 Å². The minimum Gasteiger partial charge on any atom is -0.481 e. The molecule has 1 aromatic carbocycles. The number of carboxylic acid groups (broad SMARTS) is 1. The first-order valence-electron chi connectivity index (χ1n) is 5.84. The number of hydrogen-bond donors (Lipinski definition) is 1. The number of carbonyl (C=O) groups excluding carboxylic acids is 1. The Hall–Kier alpha value is -1.75. The minimum atomic E-state index is -0.966. The maximum absolute atomic E-state index is 11.8. The number of aliphatic carboxylic acids is 1. The number of ether oxygens (including phenoxy) is 1. The van der Waals surface area contributed by atoms with Crippen LogP contribution in [0.5, 0.6) is 5.75 Å². The molecule has 0 bridgehead atoms. The van der Waals surface area contributed by atoms with Gasteiger partial charge in [-0.1, -0.05) is 6.07 Å². The Morgan fingerprint density at radius 3 is 2.89 bits per heavy atom. The van der Waals surface area contributed by atoms with E-state index < -0.39 is 17.5 Å². The molecule has 1 N–H and O–H groups in total. The van der Waals surface area contributed by atoms with Gasteiger partial charge in [0.15, 0.2) is 6.10 Å². The van der Waals surface area contributed by atoms with Gasteiger partial charge in [-0.25, -0.2) is 0 Å². The molecule has 1 heterocycles. The number of hydrogen-bond acceptors (Lipinski definition) is 3. The molecule has 19 heavy (non-hydrogen) atoms. The summed E-state index contributed by atoms with van der Waals surface area (Å²) < 4.78 is 5.48. The lowest BCUT2D eigenvalue weighted by atomic mass is 10.1. The maximum atomic E-state index is 11.8. The van der Waals surface area contributed by atoms with Crippen LogP contribution in [0.25, 0.3) is 0 Å². The first-order valence-corrected chi connectivity index (χ1v) is 6.28. The second-order valence-corrected chi connectivity index (χ2v) is 4.98. The summed E-state index contributed by atoms with van der Waals surface area (Å²) in [5.41, 5.74) is 1.26. The molecule has 102 valence electrons. The third-order valence-corrected chi connectivity index (χ3v) is 3.45. The summed E-state index contributed by atoms with van der Waals surface area (Å²) in [7, 11) is 1.66. The van der Waals surface area contributed by atoms with Crippen LogP contribution in [0.3, 0.4) is 0 Å². The molecule has 5 nitrogen and oxygen atoms in total. The lowest BCUT2D eigenvalue weighted by molar-refractivity contribution is -0.137. The van der Waals surface area contributed by atoms with Crippen molar-refractivity contribution in [3.05, 3.63) is 23.8 Å². The molecular formula is C13H14ClNO4. The zero-order valence-corrected chi connectivity index (χ0v) is 11.3. The Morgan fingerprint density at radius 2 is 2.26 bits per heavy atom. The smallest absolute Gasteiger partial charge is 0.305 e. The van der Waals surface area contributed by atoms with Gasteiger partial charge in [-0.15, -0.1) is 11.6 Å². The Kier molecular flexibility index (Phi) is 3.66. The molecule has 0 saturated carbocycles. The van der Waals surface area contributed by atoms with Gasteiger partial charge in [0.1, 0.15) is 5.75 Å². The zero-order valence-electron chi connectivity index (χ0n) is 10.6. The molecule has 0 saturated heterocycles. The number of rotatable bonds is 3. The summed E-state index contributed by atoms with van der Waals surface area (Å²) in [6.07, 6.45) is -0.691. The van der Waals surface area contributed by atoms with Crippen molar-refractivity contribution in [2.45, 2.75) is 24.8 Å². The topological polar surface area (TPSA) is 66.8 Å². The standard InChI is InChI=1S/C13H14ClNO4/c1-7-13(18)15(2)10-5-8(3-4-11(10)19-7)9(14)6-12(16)17/h3-5,7,9H,6H2,1-2H3,(H,16,17). The fourth-order valence-electron chi connectivity index (χ4n) is 1.99. The van der Waals surface area contributed by atoms with Crippen molar-refractivity contribution in [3.8, 4) is 5.75 Å². The summed E-state index contributed by atoms with van der Waals surface area (Å²) in [4.78, 5) is 24.0. The van der Waals surface area contributed by atoms with Gasteiger partial charge in [0.05, 0.1) is 17.5 Å². The molecule has 2 atom stereocenters. The minimum absolute atomic E-state index is 0.144. The van der Waals surface area contributed by atoms with Gasteiger partial charge in [-0.2, -0.15) is 0 Å². The lowest BCUT2D eigenvalue weighted by Gasteiger charge is -2.30. The van der Waals surface area contributed by atoms with Crippen molar-refractivity contribution >= 4 is 29.2 Å². The number of nitrogens with zero attached hydrogens (tertiary/aromatic N) is 1. The molecule has 2 unspecified atom stereocenters. The number of alkyl halides is 1. The fourth-order valence-corrected chi connectivity index (χ4v) is 2.26. The first kappa shape index (κ1) is 13.7. The average Bonchev–Trinajstić information content (AvgIpc) is 2.35. The molecule has 2 rings (SSSR count). The summed E-state index contributed by atoms with van der Waals surface area (Å²) in [6.45, 7) is 1.68. The van der Waals surface area contributed by atoms with Gasteiger partial charge in [-0.3, -0.25) is 9.59 Å². The highest BCUT2D eigenvalue weighted by Gasteiger charge is 2.29. The number of anilines is 1. The van der Waals surface area contributed by atoms with E-state index in [0.29, 0.717) is 17.0 Å². The van der Waals surface area contributed by atoms with Crippen LogP contribution in [0.4, 0.5) is 5.69 Å². The average molecular weight is 284 g/mol. The van der Waals surface area contributed by atoms with E-state index in [0.717, 1.165) is 0 Å². The van der Waals surface area contributed by atoms with Crippen molar-refractivity contribution in [1.82, 2.24) is 0 Å². The second-order valence-electron chi connectivity index (χ2n) is 4.45. The maximum Gasteiger partial charge on any atom is 0.305 e. The van der Waals surface area contributed by atoms with E-state index in [9.17, 15) is 9.59 Å². The highest BCUT2D eigenvalue weighted by molar-refractivity contribution is 6.21. The highest BCUT2D eigenvalue weighted by Crippen LogP contribution is 2.37. The molecular weight excluding hydrogens is 270 g/mol. The Labute approximate surface area is 115 Å². The molecule has 0 fully saturated rings. The summed E-state index contributed by atoms with van der Waals surface area (Å²) in [5, 5.41) is 8.11. The van der Waals surface area contributed by atoms with Crippen molar-refractivity contribution in [3.63, 3.8) is 0 Å². The van der Waals surface area contributed by atoms with E-state index >= 15 is 0 Å². The molecule has 0 aliphatic carbocycles. The van der Waals surface area contributed by atoms with Gasteiger partial charge in [-0.05, 0) is 24.6 Å². The van der Waals surface area contributed by atoms with Gasteiger partial charge >= 0.3 is 5.97 Å². The molecule has 6 heteroatoms. The van der Waals surface area contributed by atoms with Crippen LogP contribution in [-0.2, 0) is 9.59 Å². The second kappa shape index (κ2) is 5.09. The van der Waals surface area contributed by atoms with E-state index in [1.54, 1.807) is 32.2 Å². The first-order chi connectivity index (χ1) is 8.90. The van der Waals surface area contributed by atoms with Gasteiger partial charge < -0.3 is 14.7 Å². The Morgan fingerprint density at radius 1 is 1.58 bits per heavy atom. The van der Waals surface area contributed by atoms with E-state index in [1.165, 1.54) is 4.90 Å². The van der Waals surface area contributed by atoms with Crippen LogP contribution in [-0.4, -0.2) is 30.1 Å². The van der Waals surface area contributed by atoms with Crippen LogP contribution < -0.4 is 9.64 Å². The van der Waals surface area contributed by atoms with Crippen LogP contribution in [0.2, 0.25) is 0 Å². The van der Waals surface area contributed by atoms with Crippen LogP contribution in [0.15, 0.2) is 18.2 Å². The fraction of sp³-hybridized carbons (Fsp3) is 0.385.